The van der Waals surface area contributed by atoms with Crippen LogP contribution in [-0.2, 0) is 6.54 Å². The van der Waals surface area contributed by atoms with Crippen LogP contribution in [0, 0.1) is 17.1 Å². The van der Waals surface area contributed by atoms with Crippen molar-refractivity contribution in [3.63, 3.8) is 0 Å². The summed E-state index contributed by atoms with van der Waals surface area (Å²) in [7, 11) is 0. The van der Waals surface area contributed by atoms with E-state index in [9.17, 15) is 4.39 Å². The van der Waals surface area contributed by atoms with E-state index in [4.69, 9.17) is 5.26 Å². The van der Waals surface area contributed by atoms with E-state index >= 15 is 0 Å². The van der Waals surface area contributed by atoms with Gasteiger partial charge in [0.1, 0.15) is 5.82 Å². The van der Waals surface area contributed by atoms with Crippen molar-refractivity contribution in [2.45, 2.75) is 19.5 Å². The second kappa shape index (κ2) is 6.12. The molecule has 96 valence electrons. The van der Waals surface area contributed by atoms with Gasteiger partial charge in [-0.2, -0.15) is 5.26 Å². The average Bonchev–Trinajstić information content (AvgIpc) is 2.46. The van der Waals surface area contributed by atoms with Gasteiger partial charge in [-0.25, -0.2) is 4.39 Å². The Kier molecular flexibility index (Phi) is 4.27. The summed E-state index contributed by atoms with van der Waals surface area (Å²) in [4.78, 5) is 0. The maximum atomic E-state index is 13.6. The Morgan fingerprint density at radius 1 is 1.16 bits per heavy atom. The highest BCUT2D eigenvalue weighted by atomic mass is 19.1. The summed E-state index contributed by atoms with van der Waals surface area (Å²) in [6.07, 6.45) is 0. The summed E-state index contributed by atoms with van der Waals surface area (Å²) in [5.74, 6) is -0.192. The Bertz CT molecular complexity index is 584. The molecule has 2 aromatic rings. The molecular weight excluding hydrogens is 239 g/mol. The van der Waals surface area contributed by atoms with E-state index in [0.29, 0.717) is 17.7 Å². The first-order chi connectivity index (χ1) is 9.20. The Balaban J connectivity index is 1.98. The van der Waals surface area contributed by atoms with Crippen molar-refractivity contribution >= 4 is 0 Å². The first kappa shape index (κ1) is 13.3. The lowest BCUT2D eigenvalue weighted by Gasteiger charge is -2.15. The van der Waals surface area contributed by atoms with Crippen LogP contribution in [0.3, 0.4) is 0 Å². The largest absolute Gasteiger partial charge is 0.306 e. The minimum absolute atomic E-state index is 0.0585. The van der Waals surface area contributed by atoms with Crippen LogP contribution in [0.4, 0.5) is 4.39 Å². The summed E-state index contributed by atoms with van der Waals surface area (Å²) in [6, 6.07) is 16.2. The predicted molar refractivity (Wildman–Crippen MR) is 72.8 cm³/mol. The standard InChI is InChI=1S/C16H15FN2/c1-12(15-4-2-3-5-16(15)17)19-11-14-8-6-13(10-18)7-9-14/h2-9,12,19H,11H2,1H3/t12-/m1/s1. The molecule has 2 nitrogen and oxygen atoms in total. The molecule has 3 heteroatoms. The van der Waals surface area contributed by atoms with E-state index in [1.165, 1.54) is 6.07 Å². The van der Waals surface area contributed by atoms with Crippen LogP contribution in [0.5, 0.6) is 0 Å². The lowest BCUT2D eigenvalue weighted by atomic mass is 10.1. The average molecular weight is 254 g/mol. The van der Waals surface area contributed by atoms with Gasteiger partial charge in [0.2, 0.25) is 0 Å². The molecule has 0 aromatic heterocycles. The molecule has 0 bridgehead atoms. The van der Waals surface area contributed by atoms with E-state index in [0.717, 1.165) is 5.56 Å². The van der Waals surface area contributed by atoms with Crippen LogP contribution >= 0.6 is 0 Å². The summed E-state index contributed by atoms with van der Waals surface area (Å²) in [5, 5.41) is 12.0. The van der Waals surface area contributed by atoms with Crippen molar-refractivity contribution in [2.75, 3.05) is 0 Å². The smallest absolute Gasteiger partial charge is 0.127 e. The van der Waals surface area contributed by atoms with Crippen LogP contribution in [0.25, 0.3) is 0 Å². The fourth-order valence-corrected chi connectivity index (χ4v) is 1.90. The molecule has 0 spiro atoms. The third-order valence-electron chi connectivity index (χ3n) is 3.07. The molecule has 0 saturated heterocycles. The number of hydrogen-bond acceptors (Lipinski definition) is 2. The second-order valence-corrected chi connectivity index (χ2v) is 4.43. The van der Waals surface area contributed by atoms with Gasteiger partial charge in [-0.15, -0.1) is 0 Å². The normalized spacial score (nSPS) is 11.8. The lowest BCUT2D eigenvalue weighted by Crippen LogP contribution is -2.19. The van der Waals surface area contributed by atoms with Gasteiger partial charge in [0.25, 0.3) is 0 Å². The summed E-state index contributed by atoms with van der Waals surface area (Å²) in [6.45, 7) is 2.57. The second-order valence-electron chi connectivity index (χ2n) is 4.43. The van der Waals surface area contributed by atoms with Crippen molar-refractivity contribution in [2.24, 2.45) is 0 Å². The molecule has 2 rings (SSSR count). The first-order valence-electron chi connectivity index (χ1n) is 6.17. The number of nitrogens with zero attached hydrogens (tertiary/aromatic N) is 1. The Hall–Kier alpha value is -2.18. The number of nitrogens with one attached hydrogen (secondary N) is 1. The Labute approximate surface area is 112 Å². The Morgan fingerprint density at radius 3 is 2.47 bits per heavy atom. The maximum Gasteiger partial charge on any atom is 0.127 e. The fraction of sp³-hybridized carbons (Fsp3) is 0.188. The van der Waals surface area contributed by atoms with Crippen molar-refractivity contribution in [3.8, 4) is 6.07 Å². The van der Waals surface area contributed by atoms with Crippen molar-refractivity contribution in [1.29, 1.82) is 5.26 Å². The molecule has 0 heterocycles. The highest BCUT2D eigenvalue weighted by molar-refractivity contribution is 5.31. The minimum atomic E-state index is -0.192. The molecule has 0 unspecified atom stereocenters. The molecule has 0 aliphatic heterocycles. The molecular formula is C16H15FN2. The predicted octanol–water partition coefficient (Wildman–Crippen LogP) is 3.55. The molecule has 0 aliphatic rings. The maximum absolute atomic E-state index is 13.6. The number of hydrogen-bond donors (Lipinski definition) is 1. The molecule has 0 aliphatic carbocycles. The van der Waals surface area contributed by atoms with E-state index in [1.807, 2.05) is 25.1 Å². The number of rotatable bonds is 4. The third-order valence-corrected chi connectivity index (χ3v) is 3.07. The van der Waals surface area contributed by atoms with E-state index < -0.39 is 0 Å². The monoisotopic (exact) mass is 254 g/mol. The summed E-state index contributed by atoms with van der Waals surface area (Å²) in [5.41, 5.74) is 2.38. The summed E-state index contributed by atoms with van der Waals surface area (Å²) < 4.78 is 13.6. The molecule has 0 fully saturated rings. The van der Waals surface area contributed by atoms with Gasteiger partial charge in [-0.05, 0) is 30.7 Å². The van der Waals surface area contributed by atoms with E-state index in [2.05, 4.69) is 11.4 Å². The van der Waals surface area contributed by atoms with Crippen molar-refractivity contribution < 1.29 is 4.39 Å². The Morgan fingerprint density at radius 2 is 1.84 bits per heavy atom. The zero-order valence-electron chi connectivity index (χ0n) is 10.7. The fourth-order valence-electron chi connectivity index (χ4n) is 1.90. The van der Waals surface area contributed by atoms with Crippen molar-refractivity contribution in [1.82, 2.24) is 5.32 Å². The van der Waals surface area contributed by atoms with Crippen LogP contribution in [0.2, 0.25) is 0 Å². The van der Waals surface area contributed by atoms with Gasteiger partial charge in [-0.3, -0.25) is 0 Å². The molecule has 0 radical (unpaired) electrons. The SMILES string of the molecule is C[C@@H](NCc1ccc(C#N)cc1)c1ccccc1F. The summed E-state index contributed by atoms with van der Waals surface area (Å²) >= 11 is 0. The van der Waals surface area contributed by atoms with Crippen LogP contribution in [0.15, 0.2) is 48.5 Å². The lowest BCUT2D eigenvalue weighted by molar-refractivity contribution is 0.528. The molecule has 2 aromatic carbocycles. The highest BCUT2D eigenvalue weighted by Gasteiger charge is 2.09. The van der Waals surface area contributed by atoms with Gasteiger partial charge < -0.3 is 5.32 Å². The first-order valence-corrected chi connectivity index (χ1v) is 6.17. The van der Waals surface area contributed by atoms with Crippen LogP contribution in [-0.4, -0.2) is 0 Å². The third kappa shape index (κ3) is 3.40. The molecule has 1 atom stereocenters. The number of benzene rings is 2. The molecule has 1 N–H and O–H groups in total. The van der Waals surface area contributed by atoms with Crippen LogP contribution in [0.1, 0.15) is 29.7 Å². The molecule has 0 amide bonds. The minimum Gasteiger partial charge on any atom is -0.306 e. The van der Waals surface area contributed by atoms with Gasteiger partial charge in [-0.1, -0.05) is 30.3 Å². The zero-order chi connectivity index (χ0) is 13.7. The molecule has 19 heavy (non-hydrogen) atoms. The number of nitriles is 1. The van der Waals surface area contributed by atoms with E-state index in [1.54, 1.807) is 24.3 Å². The van der Waals surface area contributed by atoms with Crippen LogP contribution < -0.4 is 5.32 Å². The van der Waals surface area contributed by atoms with Gasteiger partial charge in [0, 0.05) is 18.2 Å². The quantitative estimate of drug-likeness (QED) is 0.905. The van der Waals surface area contributed by atoms with Gasteiger partial charge in [0.05, 0.1) is 11.6 Å². The topological polar surface area (TPSA) is 35.8 Å². The molecule has 0 saturated carbocycles. The van der Waals surface area contributed by atoms with Crippen molar-refractivity contribution in [3.05, 3.63) is 71.0 Å². The highest BCUT2D eigenvalue weighted by Crippen LogP contribution is 2.16. The van der Waals surface area contributed by atoms with Gasteiger partial charge >= 0.3 is 0 Å². The van der Waals surface area contributed by atoms with Gasteiger partial charge in [0.15, 0.2) is 0 Å². The zero-order valence-corrected chi connectivity index (χ0v) is 10.7. The van der Waals surface area contributed by atoms with E-state index in [-0.39, 0.29) is 11.9 Å². The number of halogens is 1.